The maximum atomic E-state index is 12.8. The molecular formula is C53H96O5. The highest BCUT2D eigenvalue weighted by Crippen LogP contribution is 2.15. The zero-order valence-corrected chi connectivity index (χ0v) is 38.8. The molecule has 0 spiro atoms. The van der Waals surface area contributed by atoms with Crippen molar-refractivity contribution in [3.05, 3.63) is 48.6 Å². The third-order valence-electron chi connectivity index (χ3n) is 10.8. The van der Waals surface area contributed by atoms with E-state index in [0.717, 1.165) is 83.5 Å². The summed E-state index contributed by atoms with van der Waals surface area (Å²) in [5.41, 5.74) is 0. The van der Waals surface area contributed by atoms with E-state index in [1.54, 1.807) is 0 Å². The van der Waals surface area contributed by atoms with Gasteiger partial charge in [0.2, 0.25) is 0 Å². The second-order valence-corrected chi connectivity index (χ2v) is 16.7. The van der Waals surface area contributed by atoms with Gasteiger partial charge in [0.05, 0.1) is 6.61 Å². The minimum Gasteiger partial charge on any atom is -0.462 e. The number of hydrogen-bond donors (Lipinski definition) is 0. The molecule has 0 amide bonds. The lowest BCUT2D eigenvalue weighted by Crippen LogP contribution is -2.30. The molecule has 0 bridgehead atoms. The third-order valence-corrected chi connectivity index (χ3v) is 10.8. The minimum absolute atomic E-state index is 0.0758. The number of rotatable bonds is 46. The van der Waals surface area contributed by atoms with Crippen molar-refractivity contribution in [3.63, 3.8) is 0 Å². The summed E-state index contributed by atoms with van der Waals surface area (Å²) >= 11 is 0. The van der Waals surface area contributed by atoms with E-state index in [-0.39, 0.29) is 25.2 Å². The van der Waals surface area contributed by atoms with Crippen molar-refractivity contribution in [1.29, 1.82) is 0 Å². The Hall–Kier alpha value is -2.14. The van der Waals surface area contributed by atoms with Gasteiger partial charge in [-0.1, -0.05) is 211 Å². The SMILES string of the molecule is CC/C=C\C/C=C\C/C=C\CCCCCCCC(=O)OCC(COCCCCCCCCCCCCCCCC)OC(=O)CCCCCCC/C=C\CCCCCC. The second-order valence-electron chi connectivity index (χ2n) is 16.7. The van der Waals surface area contributed by atoms with E-state index >= 15 is 0 Å². The Morgan fingerprint density at radius 2 is 0.776 bits per heavy atom. The van der Waals surface area contributed by atoms with Crippen LogP contribution in [-0.4, -0.2) is 37.9 Å². The molecule has 1 atom stereocenters. The van der Waals surface area contributed by atoms with Crippen molar-refractivity contribution in [1.82, 2.24) is 0 Å². The molecule has 0 aliphatic rings. The Kier molecular flexibility index (Phi) is 47.4. The lowest BCUT2D eigenvalue weighted by molar-refractivity contribution is -0.163. The van der Waals surface area contributed by atoms with Crippen LogP contribution in [0.25, 0.3) is 0 Å². The number of hydrogen-bond acceptors (Lipinski definition) is 5. The maximum absolute atomic E-state index is 12.8. The van der Waals surface area contributed by atoms with Crippen molar-refractivity contribution in [2.75, 3.05) is 19.8 Å². The molecular weight excluding hydrogens is 717 g/mol. The van der Waals surface area contributed by atoms with Gasteiger partial charge >= 0.3 is 11.9 Å². The average molecular weight is 813 g/mol. The Labute approximate surface area is 361 Å². The molecule has 0 aliphatic carbocycles. The first-order valence-electron chi connectivity index (χ1n) is 25.2. The average Bonchev–Trinajstić information content (AvgIpc) is 3.22. The fourth-order valence-corrected chi connectivity index (χ4v) is 7.11. The van der Waals surface area contributed by atoms with Gasteiger partial charge in [-0.2, -0.15) is 0 Å². The second kappa shape index (κ2) is 49.2. The first kappa shape index (κ1) is 55.9. The molecule has 0 radical (unpaired) electrons. The molecule has 0 saturated heterocycles. The van der Waals surface area contributed by atoms with Crippen LogP contribution in [0.15, 0.2) is 48.6 Å². The van der Waals surface area contributed by atoms with Crippen LogP contribution in [0.1, 0.15) is 252 Å². The van der Waals surface area contributed by atoms with Crippen LogP contribution in [0.5, 0.6) is 0 Å². The summed E-state index contributed by atoms with van der Waals surface area (Å²) in [4.78, 5) is 25.3. The Bertz CT molecular complexity index is 966. The molecule has 0 aromatic carbocycles. The van der Waals surface area contributed by atoms with Gasteiger partial charge in [0.1, 0.15) is 6.61 Å². The van der Waals surface area contributed by atoms with Gasteiger partial charge in [0, 0.05) is 19.4 Å². The normalized spacial score (nSPS) is 12.5. The molecule has 0 fully saturated rings. The predicted molar refractivity (Wildman–Crippen MR) is 251 cm³/mol. The van der Waals surface area contributed by atoms with E-state index in [1.807, 2.05) is 0 Å². The fourth-order valence-electron chi connectivity index (χ4n) is 7.11. The molecule has 0 saturated carbocycles. The summed E-state index contributed by atoms with van der Waals surface area (Å²) in [6, 6.07) is 0. The van der Waals surface area contributed by atoms with Crippen molar-refractivity contribution in [2.24, 2.45) is 0 Å². The van der Waals surface area contributed by atoms with E-state index in [0.29, 0.717) is 19.4 Å². The molecule has 1 unspecified atom stereocenters. The van der Waals surface area contributed by atoms with Crippen LogP contribution in [0, 0.1) is 0 Å². The molecule has 5 nitrogen and oxygen atoms in total. The highest BCUT2D eigenvalue weighted by atomic mass is 16.6. The lowest BCUT2D eigenvalue weighted by Gasteiger charge is -2.18. The Morgan fingerprint density at radius 3 is 1.28 bits per heavy atom. The van der Waals surface area contributed by atoms with E-state index in [2.05, 4.69) is 69.4 Å². The molecule has 338 valence electrons. The number of unbranched alkanes of at least 4 members (excludes halogenated alkanes) is 27. The molecule has 0 aromatic rings. The van der Waals surface area contributed by atoms with E-state index < -0.39 is 6.10 Å². The number of carbonyl (C=O) groups excluding carboxylic acids is 2. The van der Waals surface area contributed by atoms with Crippen LogP contribution in [0.2, 0.25) is 0 Å². The van der Waals surface area contributed by atoms with E-state index in [1.165, 1.54) is 135 Å². The molecule has 0 rings (SSSR count). The van der Waals surface area contributed by atoms with Crippen LogP contribution >= 0.6 is 0 Å². The van der Waals surface area contributed by atoms with Gasteiger partial charge in [-0.3, -0.25) is 9.59 Å². The summed E-state index contributed by atoms with van der Waals surface area (Å²) in [6.45, 7) is 7.71. The highest BCUT2D eigenvalue weighted by molar-refractivity contribution is 5.70. The molecule has 5 heteroatoms. The first-order chi connectivity index (χ1) is 28.6. The highest BCUT2D eigenvalue weighted by Gasteiger charge is 2.17. The summed E-state index contributed by atoms with van der Waals surface area (Å²) in [7, 11) is 0. The standard InChI is InChI=1S/C53H96O5/c1-4-7-10-13-16-19-22-25-27-29-31-34-37-40-43-46-52(54)57-50-51(49-56-48-45-42-39-36-33-30-26-23-20-17-14-11-8-5-2)58-53(55)47-44-41-38-35-32-28-24-21-18-15-12-9-6-3/h7,10,16,19,21,24-25,27,51H,4-6,8-9,11-15,17-18,20,22-23,26,28-50H2,1-3H3/b10-7-,19-16-,24-21-,27-25-. The zero-order chi connectivity index (χ0) is 42.1. The van der Waals surface area contributed by atoms with Crippen LogP contribution in [-0.2, 0) is 23.8 Å². The van der Waals surface area contributed by atoms with Gasteiger partial charge in [-0.05, 0) is 77.0 Å². The molecule has 0 aliphatic heterocycles. The lowest BCUT2D eigenvalue weighted by atomic mass is 10.0. The van der Waals surface area contributed by atoms with Gasteiger partial charge in [0.15, 0.2) is 6.10 Å². The molecule has 0 N–H and O–H groups in total. The minimum atomic E-state index is -0.543. The van der Waals surface area contributed by atoms with E-state index in [9.17, 15) is 9.59 Å². The summed E-state index contributed by atoms with van der Waals surface area (Å²) in [5.74, 6) is -0.418. The molecule has 0 aromatic heterocycles. The number of esters is 2. The fraction of sp³-hybridized carbons (Fsp3) is 0.811. The van der Waals surface area contributed by atoms with Gasteiger partial charge in [-0.15, -0.1) is 0 Å². The van der Waals surface area contributed by atoms with Gasteiger partial charge in [-0.25, -0.2) is 0 Å². The summed E-state index contributed by atoms with van der Waals surface area (Å²) in [5, 5.41) is 0. The van der Waals surface area contributed by atoms with Crippen LogP contribution in [0.4, 0.5) is 0 Å². The monoisotopic (exact) mass is 813 g/mol. The van der Waals surface area contributed by atoms with Crippen LogP contribution < -0.4 is 0 Å². The van der Waals surface area contributed by atoms with E-state index in [4.69, 9.17) is 14.2 Å². The number of allylic oxidation sites excluding steroid dienone is 8. The zero-order valence-electron chi connectivity index (χ0n) is 38.8. The van der Waals surface area contributed by atoms with Crippen molar-refractivity contribution >= 4 is 11.9 Å². The topological polar surface area (TPSA) is 61.8 Å². The van der Waals surface area contributed by atoms with Crippen molar-refractivity contribution in [2.45, 2.75) is 258 Å². The quantitative estimate of drug-likeness (QED) is 0.0348. The summed E-state index contributed by atoms with van der Waals surface area (Å²) in [6.07, 6.45) is 59.7. The first-order valence-corrected chi connectivity index (χ1v) is 25.2. The van der Waals surface area contributed by atoms with Gasteiger partial charge in [0.25, 0.3) is 0 Å². The number of carbonyl (C=O) groups is 2. The molecule has 58 heavy (non-hydrogen) atoms. The van der Waals surface area contributed by atoms with Crippen molar-refractivity contribution < 1.29 is 23.8 Å². The smallest absolute Gasteiger partial charge is 0.306 e. The maximum Gasteiger partial charge on any atom is 0.306 e. The third kappa shape index (κ3) is 46.5. The Morgan fingerprint density at radius 1 is 0.397 bits per heavy atom. The Balaban J connectivity index is 4.28. The summed E-state index contributed by atoms with van der Waals surface area (Å²) < 4.78 is 17.4. The van der Waals surface area contributed by atoms with Gasteiger partial charge < -0.3 is 14.2 Å². The largest absolute Gasteiger partial charge is 0.462 e. The molecule has 0 heterocycles. The van der Waals surface area contributed by atoms with Crippen LogP contribution in [0.3, 0.4) is 0 Å². The predicted octanol–water partition coefficient (Wildman–Crippen LogP) is 16.8. The number of ether oxygens (including phenoxy) is 3. The van der Waals surface area contributed by atoms with Crippen molar-refractivity contribution in [3.8, 4) is 0 Å².